The first kappa shape index (κ1) is 9.36. The molecule has 0 atom stereocenters. The van der Waals surface area contributed by atoms with Gasteiger partial charge in [-0.25, -0.2) is 15.8 Å². The van der Waals surface area contributed by atoms with E-state index in [4.69, 9.17) is 5.84 Å². The van der Waals surface area contributed by atoms with E-state index in [0.717, 1.165) is 16.0 Å². The van der Waals surface area contributed by atoms with Crippen molar-refractivity contribution in [3.8, 4) is 0 Å². The second-order valence-corrected chi connectivity index (χ2v) is 4.43. The van der Waals surface area contributed by atoms with Gasteiger partial charge in [-0.3, -0.25) is 0 Å². The van der Waals surface area contributed by atoms with Gasteiger partial charge in [0.25, 0.3) is 0 Å². The third kappa shape index (κ3) is 1.25. The lowest BCUT2D eigenvalue weighted by atomic mass is 10.2. The van der Waals surface area contributed by atoms with Crippen LogP contribution in [0, 0.1) is 20.8 Å². The monoisotopic (exact) mass is 208 g/mol. The normalized spacial score (nSPS) is 10.9. The van der Waals surface area contributed by atoms with Crippen LogP contribution in [-0.2, 0) is 0 Å². The first-order valence-electron chi connectivity index (χ1n) is 4.34. The molecule has 74 valence electrons. The van der Waals surface area contributed by atoms with Crippen LogP contribution < -0.4 is 11.3 Å². The highest BCUT2D eigenvalue weighted by Crippen LogP contribution is 2.32. The SMILES string of the molecule is Cc1nc(NN)c2c(C)c(C)sc2n1. The molecule has 2 rings (SSSR count). The lowest BCUT2D eigenvalue weighted by Crippen LogP contribution is -2.10. The van der Waals surface area contributed by atoms with Gasteiger partial charge in [-0.05, 0) is 26.3 Å². The maximum atomic E-state index is 5.43. The summed E-state index contributed by atoms with van der Waals surface area (Å²) in [6.07, 6.45) is 0. The molecule has 0 aliphatic carbocycles. The molecule has 2 aromatic rings. The fraction of sp³-hybridized carbons (Fsp3) is 0.333. The summed E-state index contributed by atoms with van der Waals surface area (Å²) in [5, 5.41) is 1.04. The largest absolute Gasteiger partial charge is 0.308 e. The zero-order valence-electron chi connectivity index (χ0n) is 8.38. The Morgan fingerprint density at radius 3 is 2.57 bits per heavy atom. The molecule has 0 amide bonds. The summed E-state index contributed by atoms with van der Waals surface area (Å²) in [4.78, 5) is 10.9. The Kier molecular flexibility index (Phi) is 2.13. The third-order valence-electron chi connectivity index (χ3n) is 2.28. The lowest BCUT2D eigenvalue weighted by molar-refractivity contribution is 1.08. The van der Waals surface area contributed by atoms with Crippen LogP contribution in [-0.4, -0.2) is 9.97 Å². The quantitative estimate of drug-likeness (QED) is 0.555. The predicted molar refractivity (Wildman–Crippen MR) is 59.4 cm³/mol. The van der Waals surface area contributed by atoms with Gasteiger partial charge in [-0.15, -0.1) is 11.3 Å². The van der Waals surface area contributed by atoms with Crippen molar-refractivity contribution in [3.63, 3.8) is 0 Å². The summed E-state index contributed by atoms with van der Waals surface area (Å²) in [6, 6.07) is 0. The maximum Gasteiger partial charge on any atom is 0.152 e. The molecule has 0 spiro atoms. The molecule has 0 saturated heterocycles. The number of aromatic nitrogens is 2. The van der Waals surface area contributed by atoms with Gasteiger partial charge >= 0.3 is 0 Å². The van der Waals surface area contributed by atoms with E-state index >= 15 is 0 Å². The molecule has 0 aliphatic rings. The molecular formula is C9H12N4S. The molecule has 4 nitrogen and oxygen atoms in total. The van der Waals surface area contributed by atoms with Crippen molar-refractivity contribution in [1.29, 1.82) is 0 Å². The van der Waals surface area contributed by atoms with Crippen molar-refractivity contribution in [3.05, 3.63) is 16.3 Å². The second kappa shape index (κ2) is 3.18. The number of hydrazine groups is 1. The van der Waals surface area contributed by atoms with E-state index < -0.39 is 0 Å². The summed E-state index contributed by atoms with van der Waals surface area (Å²) in [7, 11) is 0. The summed E-state index contributed by atoms with van der Waals surface area (Å²) in [5.74, 6) is 6.89. The molecule has 0 fully saturated rings. The topological polar surface area (TPSA) is 63.8 Å². The Bertz CT molecular complexity index is 489. The van der Waals surface area contributed by atoms with Gasteiger partial charge in [-0.1, -0.05) is 0 Å². The minimum atomic E-state index is 0.717. The summed E-state index contributed by atoms with van der Waals surface area (Å²) < 4.78 is 0. The van der Waals surface area contributed by atoms with Crippen LogP contribution >= 0.6 is 11.3 Å². The number of nitrogens with zero attached hydrogens (tertiary/aromatic N) is 2. The number of nitrogen functional groups attached to an aromatic ring is 1. The van der Waals surface area contributed by atoms with Crippen molar-refractivity contribution in [2.75, 3.05) is 5.43 Å². The molecule has 14 heavy (non-hydrogen) atoms. The highest BCUT2D eigenvalue weighted by Gasteiger charge is 2.11. The highest BCUT2D eigenvalue weighted by atomic mass is 32.1. The number of nitrogens with one attached hydrogen (secondary N) is 1. The molecule has 0 aromatic carbocycles. The Balaban J connectivity index is 2.88. The fourth-order valence-electron chi connectivity index (χ4n) is 1.46. The number of aryl methyl sites for hydroxylation is 3. The van der Waals surface area contributed by atoms with E-state index in [2.05, 4.69) is 29.2 Å². The van der Waals surface area contributed by atoms with Gasteiger partial charge in [0.2, 0.25) is 0 Å². The Morgan fingerprint density at radius 1 is 1.21 bits per heavy atom. The van der Waals surface area contributed by atoms with E-state index in [9.17, 15) is 0 Å². The fourth-order valence-corrected chi connectivity index (χ4v) is 2.54. The maximum absolute atomic E-state index is 5.43. The van der Waals surface area contributed by atoms with Gasteiger partial charge in [0.15, 0.2) is 5.82 Å². The summed E-state index contributed by atoms with van der Waals surface area (Å²) in [6.45, 7) is 6.01. The molecule has 2 aromatic heterocycles. The van der Waals surface area contributed by atoms with Crippen LogP contribution in [0.25, 0.3) is 10.2 Å². The van der Waals surface area contributed by atoms with E-state index in [1.807, 2.05) is 6.92 Å². The molecule has 0 saturated carbocycles. The smallest absolute Gasteiger partial charge is 0.152 e. The van der Waals surface area contributed by atoms with Crippen molar-refractivity contribution in [2.24, 2.45) is 5.84 Å². The van der Waals surface area contributed by atoms with Gasteiger partial charge in [0, 0.05) is 4.88 Å². The molecule has 0 aliphatic heterocycles. The number of hydrogen-bond acceptors (Lipinski definition) is 5. The summed E-state index contributed by atoms with van der Waals surface area (Å²) in [5.41, 5.74) is 3.83. The molecule has 0 unspecified atom stereocenters. The molecule has 0 bridgehead atoms. The average Bonchev–Trinajstić information content (AvgIpc) is 2.41. The predicted octanol–water partition coefficient (Wildman–Crippen LogP) is 1.90. The second-order valence-electron chi connectivity index (χ2n) is 3.23. The average molecular weight is 208 g/mol. The highest BCUT2D eigenvalue weighted by molar-refractivity contribution is 7.18. The third-order valence-corrected chi connectivity index (χ3v) is 3.38. The first-order chi connectivity index (χ1) is 6.63. The van der Waals surface area contributed by atoms with Crippen LogP contribution in [0.5, 0.6) is 0 Å². The summed E-state index contributed by atoms with van der Waals surface area (Å²) >= 11 is 1.68. The molecule has 0 radical (unpaired) electrons. The zero-order valence-corrected chi connectivity index (χ0v) is 9.20. The minimum absolute atomic E-state index is 0.717. The van der Waals surface area contributed by atoms with Crippen LogP contribution in [0.2, 0.25) is 0 Å². The van der Waals surface area contributed by atoms with E-state index in [-0.39, 0.29) is 0 Å². The van der Waals surface area contributed by atoms with Crippen molar-refractivity contribution < 1.29 is 0 Å². The molecule has 5 heteroatoms. The van der Waals surface area contributed by atoms with Gasteiger partial charge in [0.05, 0.1) is 5.39 Å². The Hall–Kier alpha value is -1.20. The molecule has 2 heterocycles. The van der Waals surface area contributed by atoms with Crippen molar-refractivity contribution >= 4 is 27.4 Å². The van der Waals surface area contributed by atoms with E-state index in [1.165, 1.54) is 10.4 Å². The molecule has 3 N–H and O–H groups in total. The van der Waals surface area contributed by atoms with Crippen LogP contribution in [0.3, 0.4) is 0 Å². The standard InChI is InChI=1S/C9H12N4S/c1-4-5(2)14-9-7(4)8(13-10)11-6(3)12-9/h10H2,1-3H3,(H,11,12,13). The first-order valence-corrected chi connectivity index (χ1v) is 5.16. The van der Waals surface area contributed by atoms with Crippen LogP contribution in [0.15, 0.2) is 0 Å². The van der Waals surface area contributed by atoms with Crippen molar-refractivity contribution in [1.82, 2.24) is 9.97 Å². The van der Waals surface area contributed by atoms with E-state index in [1.54, 1.807) is 11.3 Å². The van der Waals surface area contributed by atoms with E-state index in [0.29, 0.717) is 5.82 Å². The van der Waals surface area contributed by atoms with Gasteiger partial charge in [0.1, 0.15) is 10.7 Å². The minimum Gasteiger partial charge on any atom is -0.308 e. The van der Waals surface area contributed by atoms with Crippen LogP contribution in [0.4, 0.5) is 5.82 Å². The van der Waals surface area contributed by atoms with Gasteiger partial charge in [-0.2, -0.15) is 0 Å². The van der Waals surface area contributed by atoms with Crippen LogP contribution in [0.1, 0.15) is 16.3 Å². The number of anilines is 1. The van der Waals surface area contributed by atoms with Gasteiger partial charge < -0.3 is 5.43 Å². The Labute approximate surface area is 86.1 Å². The number of thiophene rings is 1. The zero-order chi connectivity index (χ0) is 10.3. The number of nitrogens with two attached hydrogens (primary N) is 1. The number of fused-ring (bicyclic) bond motifs is 1. The lowest BCUT2D eigenvalue weighted by Gasteiger charge is -2.02. The van der Waals surface area contributed by atoms with Crippen molar-refractivity contribution in [2.45, 2.75) is 20.8 Å². The number of hydrogen-bond donors (Lipinski definition) is 2. The number of rotatable bonds is 1. The Morgan fingerprint density at radius 2 is 1.93 bits per heavy atom. The molecular weight excluding hydrogens is 196 g/mol.